The smallest absolute Gasteiger partial charge is 0.293 e. The van der Waals surface area contributed by atoms with E-state index in [4.69, 9.17) is 5.73 Å². The second-order valence-corrected chi connectivity index (χ2v) is 6.19. The number of hydrogen-bond donors (Lipinski definition) is 2. The predicted molar refractivity (Wildman–Crippen MR) is 93.7 cm³/mol. The molecule has 9 heteroatoms. The number of nitrogens with two attached hydrogens (primary N) is 1. The van der Waals surface area contributed by atoms with Gasteiger partial charge >= 0.3 is 0 Å². The van der Waals surface area contributed by atoms with E-state index in [-0.39, 0.29) is 22.8 Å². The first-order valence-electron chi connectivity index (χ1n) is 7.97. The number of anilines is 2. The van der Waals surface area contributed by atoms with E-state index >= 15 is 0 Å². The summed E-state index contributed by atoms with van der Waals surface area (Å²) in [7, 11) is 0. The molecule has 25 heavy (non-hydrogen) atoms. The molecule has 0 radical (unpaired) electrons. The zero-order valence-corrected chi connectivity index (χ0v) is 14.2. The summed E-state index contributed by atoms with van der Waals surface area (Å²) < 4.78 is 0. The number of rotatable bonds is 3. The van der Waals surface area contributed by atoms with Crippen molar-refractivity contribution in [3.05, 3.63) is 45.1 Å². The number of nitro groups is 1. The summed E-state index contributed by atoms with van der Waals surface area (Å²) in [6.45, 7) is 5.94. The first kappa shape index (κ1) is 16.7. The number of nitrogens with one attached hydrogen (secondary N) is 1. The Morgan fingerprint density at radius 3 is 2.48 bits per heavy atom. The van der Waals surface area contributed by atoms with E-state index < -0.39 is 4.92 Å². The third kappa shape index (κ3) is 3.25. The number of aryl methyl sites for hydroxylation is 2. The van der Waals surface area contributed by atoms with Gasteiger partial charge in [-0.15, -0.1) is 0 Å². The highest BCUT2D eigenvalue weighted by Gasteiger charge is 2.27. The van der Waals surface area contributed by atoms with Crippen LogP contribution in [0.5, 0.6) is 0 Å². The monoisotopic (exact) mass is 344 g/mol. The predicted octanol–water partition coefficient (Wildman–Crippen LogP) is 1.48. The molecule has 9 nitrogen and oxygen atoms in total. The summed E-state index contributed by atoms with van der Waals surface area (Å²) >= 11 is 0. The molecule has 0 bridgehead atoms. The quantitative estimate of drug-likeness (QED) is 0.494. The molecule has 1 aromatic carbocycles. The number of nitro benzene ring substituents is 1. The molecule has 132 valence electrons. The van der Waals surface area contributed by atoms with Gasteiger partial charge in [-0.2, -0.15) is 5.10 Å². The standard InChI is InChI=1S/C16H20N6O3/c1-10-7-12(15(17)13(8-10)22(24)25)16(23)21-5-3-20(4-6-21)14-9-11(2)18-19-14/h7-9H,3-6,17H2,1-2H3,(H,18,19). The SMILES string of the molecule is Cc1cc(C(=O)N2CCN(c3cc(C)[nH]n3)CC2)c(N)c([N+](=O)[O-])c1. The minimum atomic E-state index is -0.559. The number of nitrogens with zero attached hydrogens (tertiary/aromatic N) is 4. The van der Waals surface area contributed by atoms with Crippen molar-refractivity contribution in [3.8, 4) is 0 Å². The molecule has 0 atom stereocenters. The number of piperazine rings is 1. The largest absolute Gasteiger partial charge is 0.393 e. The van der Waals surface area contributed by atoms with E-state index in [9.17, 15) is 14.9 Å². The number of H-pyrrole nitrogens is 1. The van der Waals surface area contributed by atoms with Crippen molar-refractivity contribution in [1.29, 1.82) is 0 Å². The Balaban J connectivity index is 1.76. The lowest BCUT2D eigenvalue weighted by molar-refractivity contribution is -0.384. The fourth-order valence-electron chi connectivity index (χ4n) is 2.98. The van der Waals surface area contributed by atoms with Crippen molar-refractivity contribution >= 4 is 23.1 Å². The highest BCUT2D eigenvalue weighted by Crippen LogP contribution is 2.28. The second-order valence-electron chi connectivity index (χ2n) is 6.19. The van der Waals surface area contributed by atoms with Gasteiger partial charge in [-0.25, -0.2) is 0 Å². The van der Waals surface area contributed by atoms with E-state index in [1.807, 2.05) is 13.0 Å². The molecule has 0 unspecified atom stereocenters. The average molecular weight is 344 g/mol. The molecule has 1 fully saturated rings. The van der Waals surface area contributed by atoms with E-state index in [2.05, 4.69) is 15.1 Å². The Labute approximate surface area is 144 Å². The highest BCUT2D eigenvalue weighted by atomic mass is 16.6. The third-order valence-corrected chi connectivity index (χ3v) is 4.31. The number of aromatic nitrogens is 2. The number of carbonyl (C=O) groups is 1. The van der Waals surface area contributed by atoms with Crippen LogP contribution < -0.4 is 10.6 Å². The lowest BCUT2D eigenvalue weighted by Gasteiger charge is -2.35. The molecule has 2 aromatic rings. The second kappa shape index (κ2) is 6.42. The summed E-state index contributed by atoms with van der Waals surface area (Å²) in [5.74, 6) is 0.581. The molecular formula is C16H20N6O3. The summed E-state index contributed by atoms with van der Waals surface area (Å²) in [5.41, 5.74) is 7.37. The van der Waals surface area contributed by atoms with Gasteiger partial charge in [-0.3, -0.25) is 20.0 Å². The molecular weight excluding hydrogens is 324 g/mol. The Morgan fingerprint density at radius 1 is 1.24 bits per heavy atom. The number of hydrogen-bond acceptors (Lipinski definition) is 6. The van der Waals surface area contributed by atoms with Crippen LogP contribution in [0.3, 0.4) is 0 Å². The number of carbonyl (C=O) groups excluding carboxylic acids is 1. The molecule has 3 N–H and O–H groups in total. The van der Waals surface area contributed by atoms with Crippen molar-refractivity contribution in [2.75, 3.05) is 36.8 Å². The number of benzene rings is 1. The topological polar surface area (TPSA) is 121 Å². The summed E-state index contributed by atoms with van der Waals surface area (Å²) in [6, 6.07) is 4.94. The molecule has 1 amide bonds. The van der Waals surface area contributed by atoms with E-state index in [1.54, 1.807) is 17.9 Å². The number of nitrogen functional groups attached to an aromatic ring is 1. The molecule has 0 aliphatic carbocycles. The van der Waals surface area contributed by atoms with E-state index in [1.165, 1.54) is 6.07 Å². The van der Waals surface area contributed by atoms with Crippen LogP contribution in [0.4, 0.5) is 17.2 Å². The van der Waals surface area contributed by atoms with E-state index in [0.717, 1.165) is 11.5 Å². The molecule has 1 aromatic heterocycles. The Morgan fingerprint density at radius 2 is 1.92 bits per heavy atom. The van der Waals surface area contributed by atoms with Crippen molar-refractivity contribution in [2.24, 2.45) is 0 Å². The van der Waals surface area contributed by atoms with Crippen molar-refractivity contribution < 1.29 is 9.72 Å². The zero-order chi connectivity index (χ0) is 18.1. The van der Waals surface area contributed by atoms with Gasteiger partial charge < -0.3 is 15.5 Å². The molecule has 3 rings (SSSR count). The molecule has 2 heterocycles. The van der Waals surface area contributed by atoms with Crippen LogP contribution in [0.25, 0.3) is 0 Å². The minimum absolute atomic E-state index is 0.0778. The summed E-state index contributed by atoms with van der Waals surface area (Å²) in [6.07, 6.45) is 0. The minimum Gasteiger partial charge on any atom is -0.393 e. The van der Waals surface area contributed by atoms with Gasteiger partial charge in [0.2, 0.25) is 0 Å². The Kier molecular flexibility index (Phi) is 4.30. The zero-order valence-electron chi connectivity index (χ0n) is 14.2. The number of aromatic amines is 1. The van der Waals surface area contributed by atoms with Crippen molar-refractivity contribution in [3.63, 3.8) is 0 Å². The first-order chi connectivity index (χ1) is 11.9. The summed E-state index contributed by atoms with van der Waals surface area (Å²) in [4.78, 5) is 27.1. The maximum Gasteiger partial charge on any atom is 0.293 e. The van der Waals surface area contributed by atoms with Gasteiger partial charge in [0, 0.05) is 44.0 Å². The average Bonchev–Trinajstić information content (AvgIpc) is 3.02. The Hall–Kier alpha value is -3.10. The maximum atomic E-state index is 12.8. The normalized spacial score (nSPS) is 14.6. The van der Waals surface area contributed by atoms with Crippen LogP contribution in [-0.4, -0.2) is 52.1 Å². The molecule has 0 saturated carbocycles. The van der Waals surface area contributed by atoms with Crippen molar-refractivity contribution in [1.82, 2.24) is 15.1 Å². The fourth-order valence-corrected chi connectivity index (χ4v) is 2.98. The maximum absolute atomic E-state index is 12.8. The molecule has 0 spiro atoms. The molecule has 1 aliphatic rings. The lowest BCUT2D eigenvalue weighted by Crippen LogP contribution is -2.49. The van der Waals surface area contributed by atoms with Gasteiger partial charge in [-0.1, -0.05) is 0 Å². The molecule has 1 aliphatic heterocycles. The van der Waals surface area contributed by atoms with Crippen molar-refractivity contribution in [2.45, 2.75) is 13.8 Å². The third-order valence-electron chi connectivity index (χ3n) is 4.31. The van der Waals surface area contributed by atoms with Gasteiger partial charge in [0.15, 0.2) is 5.82 Å². The van der Waals surface area contributed by atoms with Gasteiger partial charge in [0.1, 0.15) is 5.69 Å². The number of amides is 1. The van der Waals surface area contributed by atoms with Crippen LogP contribution in [0.15, 0.2) is 18.2 Å². The van der Waals surface area contributed by atoms with Crippen LogP contribution in [0.2, 0.25) is 0 Å². The fraction of sp³-hybridized carbons (Fsp3) is 0.375. The highest BCUT2D eigenvalue weighted by molar-refractivity contribution is 6.01. The van der Waals surface area contributed by atoms with Gasteiger partial charge in [-0.05, 0) is 25.5 Å². The summed E-state index contributed by atoms with van der Waals surface area (Å²) in [5, 5.41) is 18.2. The van der Waals surface area contributed by atoms with Crippen LogP contribution >= 0.6 is 0 Å². The lowest BCUT2D eigenvalue weighted by atomic mass is 10.1. The molecule has 1 saturated heterocycles. The van der Waals surface area contributed by atoms with Crippen LogP contribution in [-0.2, 0) is 0 Å². The first-order valence-corrected chi connectivity index (χ1v) is 7.97. The Bertz CT molecular complexity index is 823. The van der Waals surface area contributed by atoms with Crippen LogP contribution in [0, 0.1) is 24.0 Å². The van der Waals surface area contributed by atoms with Gasteiger partial charge in [0.25, 0.3) is 11.6 Å². The van der Waals surface area contributed by atoms with E-state index in [0.29, 0.717) is 31.7 Å². The van der Waals surface area contributed by atoms with Gasteiger partial charge in [0.05, 0.1) is 10.5 Å². The van der Waals surface area contributed by atoms with Crippen LogP contribution in [0.1, 0.15) is 21.6 Å².